The lowest BCUT2D eigenvalue weighted by Crippen LogP contribution is -2.67. The van der Waals surface area contributed by atoms with Gasteiger partial charge in [-0.1, -0.05) is 60.1 Å². The van der Waals surface area contributed by atoms with E-state index >= 15 is 0 Å². The van der Waals surface area contributed by atoms with Crippen molar-refractivity contribution >= 4 is 11.7 Å². The number of nitro groups is 1. The van der Waals surface area contributed by atoms with Gasteiger partial charge in [0, 0.05) is 12.1 Å². The number of rotatable bonds is 4. The molecule has 0 radical (unpaired) electrons. The van der Waals surface area contributed by atoms with Crippen LogP contribution in [0.2, 0.25) is 0 Å². The van der Waals surface area contributed by atoms with Crippen molar-refractivity contribution in [2.75, 3.05) is 0 Å². The lowest BCUT2D eigenvalue weighted by Gasteiger charge is -2.71. The van der Waals surface area contributed by atoms with Gasteiger partial charge in [-0.3, -0.25) is 14.9 Å². The van der Waals surface area contributed by atoms with Gasteiger partial charge in [-0.05, 0) is 120 Å². The highest BCUT2D eigenvalue weighted by molar-refractivity contribution is 5.79. The Labute approximate surface area is 263 Å². The van der Waals surface area contributed by atoms with Crippen molar-refractivity contribution in [2.45, 2.75) is 125 Å². The largest absolute Gasteiger partial charge is 0.460 e. The van der Waals surface area contributed by atoms with Crippen LogP contribution in [-0.2, 0) is 16.1 Å². The number of hydrogen-bond donors (Lipinski definition) is 2. The first kappa shape index (κ1) is 31.7. The maximum Gasteiger partial charge on any atom is 0.313 e. The normalized spacial score (nSPS) is 43.8. The van der Waals surface area contributed by atoms with Crippen molar-refractivity contribution in [3.05, 3.63) is 51.6 Å². The summed E-state index contributed by atoms with van der Waals surface area (Å²) >= 11 is 0. The summed E-state index contributed by atoms with van der Waals surface area (Å²) in [7, 11) is 0. The number of esters is 1. The minimum Gasteiger partial charge on any atom is -0.460 e. The maximum absolute atomic E-state index is 14.2. The third kappa shape index (κ3) is 4.38. The van der Waals surface area contributed by atoms with Crippen molar-refractivity contribution in [3.8, 4) is 0 Å². The van der Waals surface area contributed by atoms with E-state index in [9.17, 15) is 25.1 Å². The van der Waals surface area contributed by atoms with Crippen LogP contribution < -0.4 is 0 Å². The van der Waals surface area contributed by atoms with E-state index in [0.29, 0.717) is 18.3 Å². The minimum absolute atomic E-state index is 0.0246. The van der Waals surface area contributed by atoms with Crippen molar-refractivity contribution < 1.29 is 24.7 Å². The maximum atomic E-state index is 14.2. The van der Waals surface area contributed by atoms with Crippen LogP contribution in [0.25, 0.3) is 0 Å². The summed E-state index contributed by atoms with van der Waals surface area (Å²) in [6.45, 7) is 16.5. The van der Waals surface area contributed by atoms with E-state index in [-0.39, 0.29) is 51.3 Å². The van der Waals surface area contributed by atoms with E-state index in [4.69, 9.17) is 4.74 Å². The Morgan fingerprint density at radius 2 is 1.59 bits per heavy atom. The fraction of sp³-hybridized carbons (Fsp3) is 0.757. The van der Waals surface area contributed by atoms with Gasteiger partial charge in [0.2, 0.25) is 0 Å². The van der Waals surface area contributed by atoms with Gasteiger partial charge in [-0.25, -0.2) is 0 Å². The lowest BCUT2D eigenvalue weighted by molar-refractivity contribution is -0.384. The average molecular weight is 608 g/mol. The average Bonchev–Trinajstić information content (AvgIpc) is 2.95. The SMILES string of the molecule is CC1(C)CC[C@@]2(C(=O)OCc3ccc([N+](=O)[O-])cc3)CC[C@@]3(C)C(=CC[C@H]4[C@]5(C)C[C@H](O)[C@@H](O)C(C)(C)[C@H]5CC[C@@]43C)[C@H]2C1. The molecule has 0 amide bonds. The number of hydrogen-bond acceptors (Lipinski definition) is 6. The molecule has 0 spiro atoms. The Morgan fingerprint density at radius 1 is 0.932 bits per heavy atom. The Hall–Kier alpha value is -2.25. The first-order chi connectivity index (χ1) is 20.4. The van der Waals surface area contributed by atoms with Crippen LogP contribution in [0.15, 0.2) is 35.9 Å². The molecule has 1 aromatic rings. The second-order valence-corrected chi connectivity index (χ2v) is 17.4. The van der Waals surface area contributed by atoms with Crippen LogP contribution in [0, 0.1) is 60.4 Å². The number of ether oxygens (including phenoxy) is 1. The van der Waals surface area contributed by atoms with Gasteiger partial charge in [-0.2, -0.15) is 0 Å². The summed E-state index contributed by atoms with van der Waals surface area (Å²) in [5.74, 6) is 0.735. The van der Waals surface area contributed by atoms with Crippen LogP contribution in [0.4, 0.5) is 5.69 Å². The van der Waals surface area contributed by atoms with E-state index in [1.54, 1.807) is 12.1 Å². The molecule has 7 heteroatoms. The molecule has 0 heterocycles. The highest BCUT2D eigenvalue weighted by Gasteiger charge is 2.70. The summed E-state index contributed by atoms with van der Waals surface area (Å²) < 4.78 is 6.08. The van der Waals surface area contributed by atoms with Gasteiger partial charge in [0.1, 0.15) is 6.61 Å². The molecule has 0 bridgehead atoms. The molecule has 6 rings (SSSR count). The third-order valence-electron chi connectivity index (χ3n) is 14.5. The number of allylic oxidation sites excluding steroid dienone is 2. The fourth-order valence-electron chi connectivity index (χ4n) is 11.8. The molecule has 4 saturated carbocycles. The molecule has 5 aliphatic rings. The molecule has 7 nitrogen and oxygen atoms in total. The highest BCUT2D eigenvalue weighted by atomic mass is 16.6. The van der Waals surface area contributed by atoms with Crippen molar-refractivity contribution in [1.29, 1.82) is 0 Å². The number of nitrogens with zero attached hydrogens (tertiary/aromatic N) is 1. The van der Waals surface area contributed by atoms with Gasteiger partial charge in [0.15, 0.2) is 0 Å². The Bertz CT molecular complexity index is 1370. The lowest BCUT2D eigenvalue weighted by atomic mass is 9.33. The topological polar surface area (TPSA) is 110 Å². The number of aliphatic hydroxyl groups excluding tert-OH is 2. The van der Waals surface area contributed by atoms with Crippen LogP contribution >= 0.6 is 0 Å². The second-order valence-electron chi connectivity index (χ2n) is 17.4. The molecular formula is C37H53NO6. The van der Waals surface area contributed by atoms with Crippen LogP contribution in [0.5, 0.6) is 0 Å². The summed E-state index contributed by atoms with van der Waals surface area (Å²) in [4.78, 5) is 24.9. The number of benzene rings is 1. The van der Waals surface area contributed by atoms with Crippen LogP contribution in [0.1, 0.15) is 112 Å². The van der Waals surface area contributed by atoms with Gasteiger partial charge in [0.05, 0.1) is 22.5 Å². The van der Waals surface area contributed by atoms with Gasteiger partial charge >= 0.3 is 5.97 Å². The molecule has 242 valence electrons. The Kier molecular flexibility index (Phi) is 7.30. The van der Waals surface area contributed by atoms with Gasteiger partial charge < -0.3 is 14.9 Å². The fourth-order valence-corrected chi connectivity index (χ4v) is 11.8. The highest BCUT2D eigenvalue weighted by Crippen LogP contribution is 2.75. The molecule has 0 aliphatic heterocycles. The van der Waals surface area contributed by atoms with Crippen LogP contribution in [-0.4, -0.2) is 33.3 Å². The quantitative estimate of drug-likeness (QED) is 0.157. The zero-order chi connectivity index (χ0) is 32.1. The van der Waals surface area contributed by atoms with E-state index in [2.05, 4.69) is 54.5 Å². The molecule has 4 fully saturated rings. The molecule has 5 aliphatic carbocycles. The molecule has 0 unspecified atom stereocenters. The summed E-state index contributed by atoms with van der Waals surface area (Å²) in [5.41, 5.74) is 1.35. The van der Waals surface area contributed by atoms with Crippen molar-refractivity contribution in [1.82, 2.24) is 0 Å². The molecule has 44 heavy (non-hydrogen) atoms. The number of fused-ring (bicyclic) bond motifs is 7. The molecule has 0 saturated heterocycles. The number of aliphatic hydroxyl groups is 2. The smallest absolute Gasteiger partial charge is 0.313 e. The number of carbonyl (C=O) groups is 1. The van der Waals surface area contributed by atoms with Gasteiger partial charge in [-0.15, -0.1) is 0 Å². The molecular weight excluding hydrogens is 554 g/mol. The van der Waals surface area contributed by atoms with Crippen molar-refractivity contribution in [2.24, 2.45) is 50.2 Å². The number of carbonyl (C=O) groups excluding carboxylic acids is 1. The Balaban J connectivity index is 1.33. The number of non-ortho nitro benzene ring substituents is 1. The van der Waals surface area contributed by atoms with E-state index in [0.717, 1.165) is 56.9 Å². The minimum atomic E-state index is -0.713. The molecule has 0 aromatic heterocycles. The van der Waals surface area contributed by atoms with E-state index in [1.165, 1.54) is 17.7 Å². The summed E-state index contributed by atoms with van der Waals surface area (Å²) in [6.07, 6.45) is 9.30. The zero-order valence-electron chi connectivity index (χ0n) is 27.8. The monoisotopic (exact) mass is 607 g/mol. The first-order valence-electron chi connectivity index (χ1n) is 16.9. The van der Waals surface area contributed by atoms with E-state index < -0.39 is 22.5 Å². The molecule has 1 aromatic carbocycles. The number of nitro benzene ring substituents is 1. The van der Waals surface area contributed by atoms with E-state index in [1.807, 2.05) is 0 Å². The molecule has 9 atom stereocenters. The standard InChI is InChI=1S/C37H53NO6/c1-32(2)16-18-37(31(41)44-22-23-8-10-24(11-9-23)38(42)43)19-17-35(6)25(26(37)20-32)12-13-29-34(5)21-27(39)30(40)33(3,4)28(34)14-15-36(29,35)7/h8-12,26-30,39-40H,13-22H2,1-7H3/t26-,27+,28-,29+,30-,34-,35+,36+,37-/m1/s1. The Morgan fingerprint density at radius 3 is 2.25 bits per heavy atom. The second kappa shape index (κ2) is 10.1. The summed E-state index contributed by atoms with van der Waals surface area (Å²) in [5, 5.41) is 33.2. The molecule has 2 N–H and O–H groups in total. The van der Waals surface area contributed by atoms with Gasteiger partial charge in [0.25, 0.3) is 5.69 Å². The first-order valence-corrected chi connectivity index (χ1v) is 16.9. The zero-order valence-corrected chi connectivity index (χ0v) is 27.8. The van der Waals surface area contributed by atoms with Crippen LogP contribution in [0.3, 0.4) is 0 Å². The summed E-state index contributed by atoms with van der Waals surface area (Å²) in [6, 6.07) is 6.27. The predicted molar refractivity (Wildman–Crippen MR) is 169 cm³/mol. The van der Waals surface area contributed by atoms with Crippen molar-refractivity contribution in [3.63, 3.8) is 0 Å². The third-order valence-corrected chi connectivity index (χ3v) is 14.5. The predicted octanol–water partition coefficient (Wildman–Crippen LogP) is 7.77.